The number of carbonyl (C=O) groups excluding carboxylic acids is 3. The molecule has 2 aliphatic rings. The van der Waals surface area contributed by atoms with Gasteiger partial charge in [-0.15, -0.1) is 11.3 Å². The standard InChI is InChI=1S/C36H53N3O3S/c1-5-11-31(40)21-29(23-35-38-32-16-14-28(25(2)3)22-34(32)43-35)36(42)37-30(20-27-12-7-6-8-13-27)15-17-33(41)26(4)24-39-18-9-10-19-39/h14,16,22,25,27,29-30H,4-13,15,17-21,23-24H2,1-3H3,(H,37,42)/t29-,30+/m0/s1. The number of nitrogens with zero attached hydrogens (tertiary/aromatic N) is 2. The summed E-state index contributed by atoms with van der Waals surface area (Å²) >= 11 is 1.63. The van der Waals surface area contributed by atoms with Crippen molar-refractivity contribution in [1.29, 1.82) is 0 Å². The third-order valence-corrected chi connectivity index (χ3v) is 10.4. The number of Topliss-reactive ketones (excluding diaryl/α,β-unsaturated/α-hetero) is 2. The summed E-state index contributed by atoms with van der Waals surface area (Å²) in [5.74, 6) is 0.712. The molecule has 1 saturated carbocycles. The molecule has 1 aliphatic heterocycles. The molecule has 1 amide bonds. The van der Waals surface area contributed by atoms with Crippen LogP contribution < -0.4 is 5.32 Å². The number of benzene rings is 1. The van der Waals surface area contributed by atoms with E-state index in [9.17, 15) is 14.4 Å². The molecule has 0 radical (unpaired) electrons. The molecule has 2 aromatic rings. The van der Waals surface area contributed by atoms with Crippen LogP contribution in [-0.4, -0.2) is 53.0 Å². The number of hydrogen-bond donors (Lipinski definition) is 1. The van der Waals surface area contributed by atoms with Crippen molar-refractivity contribution < 1.29 is 14.4 Å². The van der Waals surface area contributed by atoms with Gasteiger partial charge < -0.3 is 5.32 Å². The minimum absolute atomic E-state index is 0.0734. The number of ketones is 2. The first kappa shape index (κ1) is 33.5. The maximum Gasteiger partial charge on any atom is 0.224 e. The van der Waals surface area contributed by atoms with Crippen LogP contribution in [0.15, 0.2) is 30.4 Å². The fourth-order valence-corrected chi connectivity index (χ4v) is 7.83. The van der Waals surface area contributed by atoms with Crippen molar-refractivity contribution in [2.24, 2.45) is 11.8 Å². The molecule has 1 aromatic heterocycles. The molecule has 2 atom stereocenters. The summed E-state index contributed by atoms with van der Waals surface area (Å²) in [4.78, 5) is 47.0. The second kappa shape index (κ2) is 16.6. The zero-order valence-corrected chi connectivity index (χ0v) is 27.6. The summed E-state index contributed by atoms with van der Waals surface area (Å²) in [5.41, 5.74) is 2.91. The zero-order valence-electron chi connectivity index (χ0n) is 26.8. The third kappa shape index (κ3) is 10.3. The third-order valence-electron chi connectivity index (χ3n) is 9.33. The van der Waals surface area contributed by atoms with E-state index in [1.165, 1.54) is 50.5 Å². The van der Waals surface area contributed by atoms with Crippen LogP contribution in [0.4, 0.5) is 0 Å². The van der Waals surface area contributed by atoms with Crippen molar-refractivity contribution in [3.63, 3.8) is 0 Å². The number of aromatic nitrogens is 1. The van der Waals surface area contributed by atoms with Gasteiger partial charge >= 0.3 is 0 Å². The molecule has 7 heteroatoms. The first-order valence-corrected chi connectivity index (χ1v) is 17.7. The molecule has 4 rings (SSSR count). The van der Waals surface area contributed by atoms with Crippen LogP contribution in [0.2, 0.25) is 0 Å². The van der Waals surface area contributed by atoms with Gasteiger partial charge in [0.05, 0.1) is 21.1 Å². The first-order valence-electron chi connectivity index (χ1n) is 16.9. The van der Waals surface area contributed by atoms with Crippen LogP contribution in [-0.2, 0) is 20.8 Å². The largest absolute Gasteiger partial charge is 0.353 e. The molecule has 1 saturated heterocycles. The number of likely N-dealkylation sites (tertiary alicyclic amines) is 1. The number of carbonyl (C=O) groups is 3. The van der Waals surface area contributed by atoms with Gasteiger partial charge in [0.1, 0.15) is 5.78 Å². The van der Waals surface area contributed by atoms with Gasteiger partial charge in [0.25, 0.3) is 0 Å². The van der Waals surface area contributed by atoms with E-state index in [4.69, 9.17) is 4.98 Å². The predicted octanol–water partition coefficient (Wildman–Crippen LogP) is 7.79. The summed E-state index contributed by atoms with van der Waals surface area (Å²) in [7, 11) is 0. The molecule has 2 fully saturated rings. The Balaban J connectivity index is 1.45. The molecule has 236 valence electrons. The predicted molar refractivity (Wildman–Crippen MR) is 178 cm³/mol. The summed E-state index contributed by atoms with van der Waals surface area (Å²) in [6.07, 6.45) is 12.4. The summed E-state index contributed by atoms with van der Waals surface area (Å²) in [6.45, 7) is 13.2. The van der Waals surface area contributed by atoms with Crippen molar-refractivity contribution in [2.75, 3.05) is 19.6 Å². The number of hydrogen-bond acceptors (Lipinski definition) is 6. The Labute approximate surface area is 263 Å². The molecule has 1 aromatic carbocycles. The van der Waals surface area contributed by atoms with Crippen molar-refractivity contribution in [2.45, 2.75) is 123 Å². The minimum atomic E-state index is -0.459. The summed E-state index contributed by atoms with van der Waals surface area (Å²) < 4.78 is 1.13. The number of fused-ring (bicyclic) bond motifs is 1. The van der Waals surface area contributed by atoms with Crippen LogP contribution in [0.1, 0.15) is 121 Å². The molecule has 1 N–H and O–H groups in total. The van der Waals surface area contributed by atoms with Gasteiger partial charge in [-0.2, -0.15) is 0 Å². The normalized spacial score (nSPS) is 17.8. The van der Waals surface area contributed by atoms with E-state index in [0.717, 1.165) is 41.2 Å². The van der Waals surface area contributed by atoms with Crippen molar-refractivity contribution in [3.05, 3.63) is 40.9 Å². The van der Waals surface area contributed by atoms with Gasteiger partial charge in [-0.3, -0.25) is 19.3 Å². The van der Waals surface area contributed by atoms with Crippen molar-refractivity contribution >= 4 is 39.0 Å². The second-order valence-electron chi connectivity index (χ2n) is 13.4. The molecular formula is C36H53N3O3S. The van der Waals surface area contributed by atoms with E-state index in [1.807, 2.05) is 6.92 Å². The van der Waals surface area contributed by atoms with Gasteiger partial charge in [-0.1, -0.05) is 65.5 Å². The van der Waals surface area contributed by atoms with E-state index >= 15 is 0 Å². The summed E-state index contributed by atoms with van der Waals surface area (Å²) in [6, 6.07) is 6.32. The van der Waals surface area contributed by atoms with Gasteiger partial charge in [-0.25, -0.2) is 4.98 Å². The maximum absolute atomic E-state index is 13.9. The number of rotatable bonds is 17. The highest BCUT2D eigenvalue weighted by Gasteiger charge is 2.28. The number of thiazole rings is 1. The van der Waals surface area contributed by atoms with Crippen molar-refractivity contribution in [3.8, 4) is 0 Å². The van der Waals surface area contributed by atoms with E-state index in [1.54, 1.807) is 11.3 Å². The minimum Gasteiger partial charge on any atom is -0.353 e. The Morgan fingerprint density at radius 2 is 1.81 bits per heavy atom. The molecule has 0 spiro atoms. The molecule has 1 aliphatic carbocycles. The average Bonchev–Trinajstić information content (AvgIpc) is 3.65. The Bertz CT molecular complexity index is 1240. The molecular weight excluding hydrogens is 554 g/mol. The lowest BCUT2D eigenvalue weighted by atomic mass is 9.83. The van der Waals surface area contributed by atoms with Gasteiger partial charge in [0.15, 0.2) is 5.78 Å². The van der Waals surface area contributed by atoms with E-state index in [-0.39, 0.29) is 29.9 Å². The average molecular weight is 608 g/mol. The SMILES string of the molecule is C=C(CN1CCCC1)C(=O)CC[C@H](CC1CCCCC1)NC(=O)[C@@H](CC(=O)CCC)Cc1nc2ccc(C(C)C)cc2s1. The Morgan fingerprint density at radius 1 is 1.07 bits per heavy atom. The number of nitrogens with one attached hydrogen (secondary N) is 1. The monoisotopic (exact) mass is 607 g/mol. The van der Waals surface area contributed by atoms with Crippen LogP contribution >= 0.6 is 11.3 Å². The molecule has 2 heterocycles. The van der Waals surface area contributed by atoms with Gasteiger partial charge in [0, 0.05) is 43.8 Å². The Hall–Kier alpha value is -2.38. The highest BCUT2D eigenvalue weighted by Crippen LogP contribution is 2.30. The van der Waals surface area contributed by atoms with Crippen molar-refractivity contribution in [1.82, 2.24) is 15.2 Å². The second-order valence-corrected chi connectivity index (χ2v) is 14.5. The van der Waals surface area contributed by atoms with Gasteiger partial charge in [-0.05, 0) is 74.7 Å². The van der Waals surface area contributed by atoms with Gasteiger partial charge in [0.2, 0.25) is 5.91 Å². The van der Waals surface area contributed by atoms with E-state index in [0.29, 0.717) is 49.6 Å². The van der Waals surface area contributed by atoms with Crippen LogP contribution in [0.3, 0.4) is 0 Å². The lowest BCUT2D eigenvalue weighted by molar-refractivity contribution is -0.130. The zero-order chi connectivity index (χ0) is 30.8. The van der Waals surface area contributed by atoms with Crippen LogP contribution in [0.5, 0.6) is 0 Å². The summed E-state index contributed by atoms with van der Waals surface area (Å²) in [5, 5.41) is 4.25. The Morgan fingerprint density at radius 3 is 2.51 bits per heavy atom. The number of amides is 1. The molecule has 6 nitrogen and oxygen atoms in total. The highest BCUT2D eigenvalue weighted by atomic mass is 32.1. The quantitative estimate of drug-likeness (QED) is 0.186. The van der Waals surface area contributed by atoms with Crippen LogP contribution in [0.25, 0.3) is 10.2 Å². The lowest BCUT2D eigenvalue weighted by Crippen LogP contribution is -2.42. The van der Waals surface area contributed by atoms with E-state index in [2.05, 4.69) is 48.8 Å². The highest BCUT2D eigenvalue weighted by molar-refractivity contribution is 7.18. The topological polar surface area (TPSA) is 79.4 Å². The molecule has 0 unspecified atom stereocenters. The first-order chi connectivity index (χ1) is 20.7. The molecule has 43 heavy (non-hydrogen) atoms. The fraction of sp³-hybridized carbons (Fsp3) is 0.667. The smallest absolute Gasteiger partial charge is 0.224 e. The maximum atomic E-state index is 13.9. The fourth-order valence-electron chi connectivity index (χ4n) is 6.73. The van der Waals surface area contributed by atoms with Crippen LogP contribution in [0, 0.1) is 11.8 Å². The lowest BCUT2D eigenvalue weighted by Gasteiger charge is -2.28. The van der Waals surface area contributed by atoms with E-state index < -0.39 is 5.92 Å². The Kier molecular flexibility index (Phi) is 13.0. The molecule has 0 bridgehead atoms.